The molecule has 1 N–H and O–H groups in total. The Hall–Kier alpha value is -2.40. The first-order valence-electron chi connectivity index (χ1n) is 10.6. The normalized spacial score (nSPS) is 15.2. The van der Waals surface area contributed by atoms with Gasteiger partial charge in [0.25, 0.3) is 0 Å². The molecule has 1 aliphatic rings. The predicted molar refractivity (Wildman–Crippen MR) is 113 cm³/mol. The van der Waals surface area contributed by atoms with Gasteiger partial charge in [0.2, 0.25) is 5.91 Å². The van der Waals surface area contributed by atoms with Crippen LogP contribution in [0.1, 0.15) is 37.3 Å². The van der Waals surface area contributed by atoms with Crippen LogP contribution in [0, 0.1) is 11.7 Å². The third kappa shape index (κ3) is 6.57. The number of nitrogens with zero attached hydrogens (tertiary/aromatic N) is 1. The highest BCUT2D eigenvalue weighted by molar-refractivity contribution is 5.78. The molecule has 4 nitrogen and oxygen atoms in total. The lowest BCUT2D eigenvalue weighted by Crippen LogP contribution is -2.41. The largest absolute Gasteiger partial charge is 0.492 e. The highest BCUT2D eigenvalue weighted by atomic mass is 19.1. The third-order valence-corrected chi connectivity index (χ3v) is 5.44. The molecule has 1 aliphatic heterocycles. The molecule has 0 radical (unpaired) electrons. The van der Waals surface area contributed by atoms with Crippen molar-refractivity contribution in [1.29, 1.82) is 0 Å². The number of ether oxygens (including phenoxy) is 1. The summed E-state index contributed by atoms with van der Waals surface area (Å²) in [6, 6.07) is 15.0. The van der Waals surface area contributed by atoms with Crippen LogP contribution < -0.4 is 10.1 Å². The quantitative estimate of drug-likeness (QED) is 0.644. The molecule has 156 valence electrons. The van der Waals surface area contributed by atoms with Crippen molar-refractivity contribution in [2.24, 2.45) is 5.92 Å². The second kappa shape index (κ2) is 11.0. The first-order chi connectivity index (χ1) is 14.2. The van der Waals surface area contributed by atoms with Crippen LogP contribution in [0.15, 0.2) is 48.5 Å². The molecule has 0 spiro atoms. The molecular weight excluding hydrogens is 367 g/mol. The number of carbonyl (C=O) groups excluding carboxylic acids is 1. The average Bonchev–Trinajstić information content (AvgIpc) is 2.74. The Balaban J connectivity index is 1.33. The Morgan fingerprint density at radius 1 is 1.14 bits per heavy atom. The number of rotatable bonds is 9. The zero-order chi connectivity index (χ0) is 20.5. The van der Waals surface area contributed by atoms with Crippen LogP contribution in [0.5, 0.6) is 5.75 Å². The number of hydrogen-bond donors (Lipinski definition) is 1. The molecule has 29 heavy (non-hydrogen) atoms. The van der Waals surface area contributed by atoms with E-state index in [2.05, 4.69) is 29.3 Å². The Kier molecular flexibility index (Phi) is 8.05. The summed E-state index contributed by atoms with van der Waals surface area (Å²) < 4.78 is 19.5. The van der Waals surface area contributed by atoms with Gasteiger partial charge in [0.15, 0.2) is 0 Å². The van der Waals surface area contributed by atoms with E-state index in [0.717, 1.165) is 50.1 Å². The fraction of sp³-hybridized carbons (Fsp3) is 0.458. The van der Waals surface area contributed by atoms with Crippen LogP contribution in [-0.4, -0.2) is 37.0 Å². The van der Waals surface area contributed by atoms with Crippen molar-refractivity contribution in [3.8, 4) is 5.75 Å². The minimum atomic E-state index is -0.160. The molecule has 0 unspecified atom stereocenters. The summed E-state index contributed by atoms with van der Waals surface area (Å²) in [5, 5.41) is 2.99. The van der Waals surface area contributed by atoms with Gasteiger partial charge in [0.1, 0.15) is 18.2 Å². The molecule has 1 heterocycles. The molecule has 2 aromatic carbocycles. The van der Waals surface area contributed by atoms with E-state index in [9.17, 15) is 9.18 Å². The zero-order valence-electron chi connectivity index (χ0n) is 17.2. The standard InChI is InChI=1S/C24H31FN2O2/c1-2-5-19-8-10-22(11-9-19)29-17-14-26-24(28)20-12-15-27(16-13-20)18-21-6-3-4-7-23(21)25/h3-4,6-11,20H,2,5,12-18H2,1H3,(H,26,28). The maximum absolute atomic E-state index is 13.8. The van der Waals surface area contributed by atoms with E-state index >= 15 is 0 Å². The topological polar surface area (TPSA) is 41.6 Å². The summed E-state index contributed by atoms with van der Waals surface area (Å²) in [4.78, 5) is 14.6. The number of aryl methyl sites for hydroxylation is 1. The number of halogens is 1. The number of likely N-dealkylation sites (tertiary alicyclic amines) is 1. The Morgan fingerprint density at radius 3 is 2.55 bits per heavy atom. The van der Waals surface area contributed by atoms with Crippen molar-refractivity contribution < 1.29 is 13.9 Å². The predicted octanol–water partition coefficient (Wildman–Crippen LogP) is 4.19. The van der Waals surface area contributed by atoms with Crippen molar-refractivity contribution >= 4 is 5.91 Å². The lowest BCUT2D eigenvalue weighted by molar-refractivity contribution is -0.126. The molecule has 0 saturated carbocycles. The van der Waals surface area contributed by atoms with Crippen LogP contribution >= 0.6 is 0 Å². The second-order valence-electron chi connectivity index (χ2n) is 7.68. The molecule has 0 bridgehead atoms. The van der Waals surface area contributed by atoms with Crippen LogP contribution in [-0.2, 0) is 17.8 Å². The van der Waals surface area contributed by atoms with E-state index in [0.29, 0.717) is 19.7 Å². The van der Waals surface area contributed by atoms with Crippen molar-refractivity contribution in [3.63, 3.8) is 0 Å². The van der Waals surface area contributed by atoms with Crippen LogP contribution in [0.3, 0.4) is 0 Å². The van der Waals surface area contributed by atoms with Gasteiger partial charge in [-0.3, -0.25) is 9.69 Å². The number of hydrogen-bond acceptors (Lipinski definition) is 3. The van der Waals surface area contributed by atoms with Crippen LogP contribution in [0.25, 0.3) is 0 Å². The fourth-order valence-electron chi connectivity index (χ4n) is 3.75. The molecule has 1 fully saturated rings. The SMILES string of the molecule is CCCc1ccc(OCCNC(=O)C2CCN(Cc3ccccc3F)CC2)cc1. The summed E-state index contributed by atoms with van der Waals surface area (Å²) in [7, 11) is 0. The zero-order valence-corrected chi connectivity index (χ0v) is 17.2. The number of piperidine rings is 1. The molecule has 5 heteroatoms. The van der Waals surface area contributed by atoms with Crippen molar-refractivity contribution in [3.05, 3.63) is 65.5 Å². The maximum Gasteiger partial charge on any atom is 0.223 e. The van der Waals surface area contributed by atoms with Gasteiger partial charge in [-0.25, -0.2) is 4.39 Å². The molecule has 1 saturated heterocycles. The molecular formula is C24H31FN2O2. The van der Waals surface area contributed by atoms with E-state index < -0.39 is 0 Å². The smallest absolute Gasteiger partial charge is 0.223 e. The summed E-state index contributed by atoms with van der Waals surface area (Å²) in [6.07, 6.45) is 3.82. The molecule has 0 aromatic heterocycles. The lowest BCUT2D eigenvalue weighted by atomic mass is 9.95. The van der Waals surface area contributed by atoms with Gasteiger partial charge in [-0.1, -0.05) is 43.7 Å². The monoisotopic (exact) mass is 398 g/mol. The average molecular weight is 399 g/mol. The molecule has 2 aromatic rings. The van der Waals surface area contributed by atoms with Gasteiger partial charge >= 0.3 is 0 Å². The van der Waals surface area contributed by atoms with Gasteiger partial charge in [-0.05, 0) is 56.1 Å². The first-order valence-corrected chi connectivity index (χ1v) is 10.6. The molecule has 1 amide bonds. The number of amides is 1. The first kappa shape index (κ1) is 21.3. The highest BCUT2D eigenvalue weighted by Crippen LogP contribution is 2.20. The highest BCUT2D eigenvalue weighted by Gasteiger charge is 2.25. The van der Waals surface area contributed by atoms with Crippen molar-refractivity contribution in [1.82, 2.24) is 10.2 Å². The number of nitrogens with one attached hydrogen (secondary N) is 1. The van der Waals surface area contributed by atoms with Crippen LogP contribution in [0.2, 0.25) is 0 Å². The van der Waals surface area contributed by atoms with E-state index in [1.165, 1.54) is 11.6 Å². The molecule has 0 aliphatic carbocycles. The minimum Gasteiger partial charge on any atom is -0.492 e. The second-order valence-corrected chi connectivity index (χ2v) is 7.68. The Bertz CT molecular complexity index is 771. The molecule has 0 atom stereocenters. The van der Waals surface area contributed by atoms with Crippen LogP contribution in [0.4, 0.5) is 4.39 Å². The number of carbonyl (C=O) groups is 1. The van der Waals surface area contributed by atoms with E-state index in [1.807, 2.05) is 24.3 Å². The summed E-state index contributed by atoms with van der Waals surface area (Å²) in [5.41, 5.74) is 2.03. The van der Waals surface area contributed by atoms with Gasteiger partial charge < -0.3 is 10.1 Å². The Morgan fingerprint density at radius 2 is 1.86 bits per heavy atom. The van der Waals surface area contributed by atoms with E-state index in [-0.39, 0.29) is 17.6 Å². The van der Waals surface area contributed by atoms with Crippen molar-refractivity contribution in [2.75, 3.05) is 26.2 Å². The lowest BCUT2D eigenvalue weighted by Gasteiger charge is -2.31. The van der Waals surface area contributed by atoms with Gasteiger partial charge in [0.05, 0.1) is 6.54 Å². The van der Waals surface area contributed by atoms with Crippen molar-refractivity contribution in [2.45, 2.75) is 39.2 Å². The minimum absolute atomic E-state index is 0.0280. The van der Waals surface area contributed by atoms with Gasteiger partial charge in [-0.2, -0.15) is 0 Å². The fourth-order valence-corrected chi connectivity index (χ4v) is 3.75. The summed E-state index contributed by atoms with van der Waals surface area (Å²) >= 11 is 0. The van der Waals surface area contributed by atoms with E-state index in [4.69, 9.17) is 4.74 Å². The van der Waals surface area contributed by atoms with E-state index in [1.54, 1.807) is 6.07 Å². The van der Waals surface area contributed by atoms with Gasteiger partial charge in [0, 0.05) is 18.0 Å². The number of benzene rings is 2. The summed E-state index contributed by atoms with van der Waals surface area (Å²) in [5.74, 6) is 0.797. The molecule has 3 rings (SSSR count). The Labute approximate surface area is 173 Å². The third-order valence-electron chi connectivity index (χ3n) is 5.44. The summed E-state index contributed by atoms with van der Waals surface area (Å²) in [6.45, 7) is 5.36. The van der Waals surface area contributed by atoms with Gasteiger partial charge in [-0.15, -0.1) is 0 Å². The maximum atomic E-state index is 13.8.